The molecule has 0 spiro atoms. The van der Waals surface area contributed by atoms with Crippen molar-refractivity contribution in [2.75, 3.05) is 33.4 Å². The third-order valence-corrected chi connectivity index (χ3v) is 4.30. The van der Waals surface area contributed by atoms with Crippen LogP contribution >= 0.6 is 27.5 Å². The lowest BCUT2D eigenvalue weighted by molar-refractivity contribution is 0.0204. The van der Waals surface area contributed by atoms with Crippen LogP contribution in [-0.4, -0.2) is 49.9 Å². The lowest BCUT2D eigenvalue weighted by Crippen LogP contribution is -2.42. The lowest BCUT2D eigenvalue weighted by atomic mass is 10.2. The van der Waals surface area contributed by atoms with Gasteiger partial charge in [-0.2, -0.15) is 0 Å². The van der Waals surface area contributed by atoms with Gasteiger partial charge in [0, 0.05) is 37.8 Å². The predicted molar refractivity (Wildman–Crippen MR) is 101 cm³/mol. The number of nitrogens with zero attached hydrogens (tertiary/aromatic N) is 1. The Bertz CT molecular complexity index is 535. The minimum atomic E-state index is -0.509. The zero-order chi connectivity index (χ0) is 18.2. The van der Waals surface area contributed by atoms with E-state index in [1.54, 1.807) is 12.0 Å². The van der Waals surface area contributed by atoms with Crippen LogP contribution in [-0.2, 0) is 16.0 Å². The fourth-order valence-electron chi connectivity index (χ4n) is 1.92. The maximum absolute atomic E-state index is 12.2. The second kappa shape index (κ2) is 10.2. The second-order valence-electron chi connectivity index (χ2n) is 6.39. The number of nitrogens with one attached hydrogen (secondary N) is 1. The number of rotatable bonds is 8. The molecule has 1 amide bonds. The van der Waals surface area contributed by atoms with Crippen molar-refractivity contribution < 1.29 is 14.3 Å². The highest BCUT2D eigenvalue weighted by Gasteiger charge is 2.21. The summed E-state index contributed by atoms with van der Waals surface area (Å²) in [6, 6.07) is 5.80. The number of carbonyl (C=O) groups is 1. The smallest absolute Gasteiger partial charge is 0.410 e. The van der Waals surface area contributed by atoms with Gasteiger partial charge in [-0.05, 0) is 54.4 Å². The fourth-order valence-corrected chi connectivity index (χ4v) is 2.46. The lowest BCUT2D eigenvalue weighted by Gasteiger charge is -2.27. The molecule has 0 saturated carbocycles. The first-order chi connectivity index (χ1) is 11.2. The molecule has 0 unspecified atom stereocenters. The van der Waals surface area contributed by atoms with E-state index in [1.165, 1.54) is 0 Å². The molecule has 0 radical (unpaired) electrons. The fraction of sp³-hybridized carbons (Fsp3) is 0.588. The third-order valence-electron chi connectivity index (χ3n) is 3.09. The van der Waals surface area contributed by atoms with Crippen LogP contribution in [0.3, 0.4) is 0 Å². The van der Waals surface area contributed by atoms with Gasteiger partial charge in [-0.1, -0.05) is 17.7 Å². The van der Waals surface area contributed by atoms with Crippen molar-refractivity contribution in [3.8, 4) is 0 Å². The Labute approximate surface area is 157 Å². The van der Waals surface area contributed by atoms with Crippen molar-refractivity contribution >= 4 is 33.6 Å². The van der Waals surface area contributed by atoms with E-state index in [2.05, 4.69) is 21.2 Å². The molecule has 0 aliphatic rings. The van der Waals surface area contributed by atoms with Crippen LogP contribution in [0.1, 0.15) is 26.3 Å². The van der Waals surface area contributed by atoms with E-state index in [1.807, 2.05) is 39.0 Å². The van der Waals surface area contributed by atoms with Crippen LogP contribution in [0.15, 0.2) is 22.7 Å². The Morgan fingerprint density at radius 1 is 1.33 bits per heavy atom. The highest BCUT2D eigenvalue weighted by molar-refractivity contribution is 9.10. The molecule has 1 N–H and O–H groups in total. The molecule has 136 valence electrons. The van der Waals surface area contributed by atoms with Crippen LogP contribution in [0.4, 0.5) is 4.79 Å². The SMILES string of the molecule is COCCN(CCNCc1ccc(Cl)c(Br)c1)C(=O)OC(C)(C)C. The molecule has 5 nitrogen and oxygen atoms in total. The summed E-state index contributed by atoms with van der Waals surface area (Å²) in [4.78, 5) is 13.9. The summed E-state index contributed by atoms with van der Waals surface area (Å²) in [6.45, 7) is 8.45. The van der Waals surface area contributed by atoms with Gasteiger partial charge in [-0.3, -0.25) is 0 Å². The molecule has 1 aromatic carbocycles. The monoisotopic (exact) mass is 420 g/mol. The van der Waals surface area contributed by atoms with E-state index < -0.39 is 5.60 Å². The molecule has 0 fully saturated rings. The molecule has 0 aliphatic heterocycles. The summed E-state index contributed by atoms with van der Waals surface area (Å²) in [5.74, 6) is 0. The minimum absolute atomic E-state index is 0.324. The first kappa shape index (κ1) is 21.2. The molecule has 0 atom stereocenters. The highest BCUT2D eigenvalue weighted by atomic mass is 79.9. The van der Waals surface area contributed by atoms with Crippen molar-refractivity contribution in [2.24, 2.45) is 0 Å². The minimum Gasteiger partial charge on any atom is -0.444 e. The molecule has 0 heterocycles. The van der Waals surface area contributed by atoms with Crippen molar-refractivity contribution in [3.05, 3.63) is 33.3 Å². The first-order valence-electron chi connectivity index (χ1n) is 7.84. The van der Waals surface area contributed by atoms with E-state index in [0.29, 0.717) is 37.8 Å². The normalized spacial score (nSPS) is 11.4. The summed E-state index contributed by atoms with van der Waals surface area (Å²) in [7, 11) is 1.61. The Morgan fingerprint density at radius 3 is 2.62 bits per heavy atom. The number of carbonyl (C=O) groups excluding carboxylic acids is 1. The van der Waals surface area contributed by atoms with Crippen molar-refractivity contribution in [3.63, 3.8) is 0 Å². The topological polar surface area (TPSA) is 50.8 Å². The molecule has 0 aromatic heterocycles. The van der Waals surface area contributed by atoms with Gasteiger partial charge in [-0.25, -0.2) is 4.79 Å². The maximum Gasteiger partial charge on any atom is 0.410 e. The van der Waals surface area contributed by atoms with Crippen molar-refractivity contribution in [1.29, 1.82) is 0 Å². The predicted octanol–water partition coefficient (Wildman–Crippen LogP) is 4.08. The number of benzene rings is 1. The second-order valence-corrected chi connectivity index (χ2v) is 7.65. The Balaban J connectivity index is 2.46. The standard InChI is InChI=1S/C17H26BrClN2O3/c1-17(2,3)24-16(22)21(9-10-23-4)8-7-20-12-13-5-6-15(19)14(18)11-13/h5-6,11,20H,7-10,12H2,1-4H3. The quantitative estimate of drug-likeness (QED) is 0.643. The molecule has 7 heteroatoms. The number of hydrogen-bond donors (Lipinski definition) is 1. The Morgan fingerprint density at radius 2 is 2.04 bits per heavy atom. The van der Waals surface area contributed by atoms with Crippen LogP contribution in [0, 0.1) is 0 Å². The molecule has 0 bridgehead atoms. The maximum atomic E-state index is 12.2. The molecule has 0 saturated heterocycles. The van der Waals surface area contributed by atoms with E-state index in [0.717, 1.165) is 10.0 Å². The van der Waals surface area contributed by atoms with E-state index in [9.17, 15) is 4.79 Å². The van der Waals surface area contributed by atoms with Crippen molar-refractivity contribution in [2.45, 2.75) is 32.9 Å². The van der Waals surface area contributed by atoms with Crippen LogP contribution < -0.4 is 5.32 Å². The Kier molecular flexibility index (Phi) is 9.05. The van der Waals surface area contributed by atoms with Gasteiger partial charge >= 0.3 is 6.09 Å². The van der Waals surface area contributed by atoms with Crippen molar-refractivity contribution in [1.82, 2.24) is 10.2 Å². The highest BCUT2D eigenvalue weighted by Crippen LogP contribution is 2.23. The number of ether oxygens (including phenoxy) is 2. The van der Waals surface area contributed by atoms with Crippen LogP contribution in [0.5, 0.6) is 0 Å². The van der Waals surface area contributed by atoms with Gasteiger partial charge in [0.05, 0.1) is 11.6 Å². The Hall–Kier alpha value is -0.820. The summed E-state index contributed by atoms with van der Waals surface area (Å²) < 4.78 is 11.4. The van der Waals surface area contributed by atoms with E-state index in [4.69, 9.17) is 21.1 Å². The summed E-state index contributed by atoms with van der Waals surface area (Å²) in [6.07, 6.45) is -0.324. The molecule has 1 rings (SSSR count). The molecular weight excluding hydrogens is 396 g/mol. The van der Waals surface area contributed by atoms with Gasteiger partial charge < -0.3 is 19.7 Å². The van der Waals surface area contributed by atoms with E-state index >= 15 is 0 Å². The zero-order valence-corrected chi connectivity index (χ0v) is 17.0. The van der Waals surface area contributed by atoms with Crippen LogP contribution in [0.25, 0.3) is 0 Å². The number of methoxy groups -OCH3 is 1. The first-order valence-corrected chi connectivity index (χ1v) is 9.01. The van der Waals surface area contributed by atoms with Gasteiger partial charge in [0.15, 0.2) is 0 Å². The van der Waals surface area contributed by atoms with E-state index in [-0.39, 0.29) is 6.09 Å². The van der Waals surface area contributed by atoms with Gasteiger partial charge in [0.2, 0.25) is 0 Å². The summed E-state index contributed by atoms with van der Waals surface area (Å²) in [5, 5.41) is 4.01. The molecule has 0 aliphatic carbocycles. The summed E-state index contributed by atoms with van der Waals surface area (Å²) >= 11 is 9.39. The van der Waals surface area contributed by atoms with Gasteiger partial charge in [0.1, 0.15) is 5.60 Å². The zero-order valence-electron chi connectivity index (χ0n) is 14.7. The molecular formula is C17H26BrClN2O3. The average Bonchev–Trinajstić information content (AvgIpc) is 2.48. The third kappa shape index (κ3) is 8.33. The van der Waals surface area contributed by atoms with Gasteiger partial charge in [-0.15, -0.1) is 0 Å². The molecule has 1 aromatic rings. The van der Waals surface area contributed by atoms with Gasteiger partial charge in [0.25, 0.3) is 0 Å². The molecule has 24 heavy (non-hydrogen) atoms. The largest absolute Gasteiger partial charge is 0.444 e. The number of hydrogen-bond acceptors (Lipinski definition) is 4. The van der Waals surface area contributed by atoms with Crippen LogP contribution in [0.2, 0.25) is 5.02 Å². The number of halogens is 2. The average molecular weight is 422 g/mol. The summed E-state index contributed by atoms with van der Waals surface area (Å²) in [5.41, 5.74) is 0.609. The number of amides is 1.